The number of hydrogen-bond donors (Lipinski definition) is 0. The van der Waals surface area contributed by atoms with Gasteiger partial charge in [0.05, 0.1) is 23.8 Å². The largest absolute Gasteiger partial charge is 0.497 e. The van der Waals surface area contributed by atoms with Gasteiger partial charge in [-0.1, -0.05) is 6.92 Å². The van der Waals surface area contributed by atoms with Gasteiger partial charge < -0.3 is 9.30 Å². The Morgan fingerprint density at radius 3 is 2.75 bits per heavy atom. The van der Waals surface area contributed by atoms with Crippen LogP contribution in [0.2, 0.25) is 0 Å². The first-order valence-electron chi connectivity index (χ1n) is 7.10. The molecule has 3 heteroatoms. The van der Waals surface area contributed by atoms with E-state index in [0.29, 0.717) is 6.04 Å². The maximum Gasteiger partial charge on any atom is 0.120 e. The molecule has 0 bridgehead atoms. The van der Waals surface area contributed by atoms with Gasteiger partial charge >= 0.3 is 0 Å². The van der Waals surface area contributed by atoms with Gasteiger partial charge in [-0.3, -0.25) is 4.98 Å². The number of hydrogen-bond acceptors (Lipinski definition) is 2. The van der Waals surface area contributed by atoms with E-state index in [1.54, 1.807) is 7.11 Å². The Kier molecular flexibility index (Phi) is 3.13. The third-order valence-electron chi connectivity index (χ3n) is 4.13. The van der Waals surface area contributed by atoms with Crippen LogP contribution < -0.4 is 4.74 Å². The predicted octanol–water partition coefficient (Wildman–Crippen LogP) is 4.48. The lowest BCUT2D eigenvalue weighted by molar-refractivity contribution is 0.415. The number of aryl methyl sites for hydroxylation is 1. The average Bonchev–Trinajstić information content (AvgIpc) is 2.81. The molecule has 2 heterocycles. The minimum Gasteiger partial charge on any atom is -0.497 e. The van der Waals surface area contributed by atoms with Crippen LogP contribution in [-0.2, 0) is 0 Å². The fourth-order valence-electron chi connectivity index (χ4n) is 2.91. The summed E-state index contributed by atoms with van der Waals surface area (Å²) in [6, 6.07) is 8.84. The highest BCUT2D eigenvalue weighted by Gasteiger charge is 2.16. The summed E-state index contributed by atoms with van der Waals surface area (Å²) in [7, 11) is 1.71. The monoisotopic (exact) mass is 268 g/mol. The smallest absolute Gasteiger partial charge is 0.120 e. The molecule has 0 aliphatic heterocycles. The quantitative estimate of drug-likeness (QED) is 0.700. The Hall–Kier alpha value is -2.03. The van der Waals surface area contributed by atoms with Crippen LogP contribution in [0.25, 0.3) is 21.8 Å². The Morgan fingerprint density at radius 2 is 2.05 bits per heavy atom. The zero-order valence-electron chi connectivity index (χ0n) is 12.5. The van der Waals surface area contributed by atoms with E-state index in [-0.39, 0.29) is 0 Å². The van der Waals surface area contributed by atoms with Gasteiger partial charge in [-0.25, -0.2) is 0 Å². The van der Waals surface area contributed by atoms with Crippen LogP contribution >= 0.6 is 0 Å². The minimum atomic E-state index is 0.435. The van der Waals surface area contributed by atoms with E-state index >= 15 is 0 Å². The maximum absolute atomic E-state index is 5.39. The number of methoxy groups -OCH3 is 1. The molecule has 0 saturated carbocycles. The van der Waals surface area contributed by atoms with Crippen LogP contribution in [0.5, 0.6) is 5.75 Å². The number of aromatic nitrogens is 2. The number of fused-ring (bicyclic) bond motifs is 3. The SMILES string of the molecule is CCC(C)n1c2cc(OC)ccc2c2ccnc(C)c21. The fourth-order valence-corrected chi connectivity index (χ4v) is 2.91. The summed E-state index contributed by atoms with van der Waals surface area (Å²) in [5.41, 5.74) is 3.55. The summed E-state index contributed by atoms with van der Waals surface area (Å²) in [5, 5.41) is 2.54. The van der Waals surface area contributed by atoms with Crippen LogP contribution in [0.3, 0.4) is 0 Å². The maximum atomic E-state index is 5.39. The van der Waals surface area contributed by atoms with Gasteiger partial charge in [0.2, 0.25) is 0 Å². The summed E-state index contributed by atoms with van der Waals surface area (Å²) in [6.45, 7) is 6.55. The highest BCUT2D eigenvalue weighted by molar-refractivity contribution is 6.09. The van der Waals surface area contributed by atoms with E-state index in [9.17, 15) is 0 Å². The van der Waals surface area contributed by atoms with Crippen LogP contribution in [0.4, 0.5) is 0 Å². The van der Waals surface area contributed by atoms with Crippen molar-refractivity contribution in [2.75, 3.05) is 7.11 Å². The molecule has 20 heavy (non-hydrogen) atoms. The second-order valence-electron chi connectivity index (χ2n) is 5.30. The first-order valence-corrected chi connectivity index (χ1v) is 7.10. The van der Waals surface area contributed by atoms with Crippen molar-refractivity contribution < 1.29 is 4.74 Å². The molecule has 1 atom stereocenters. The molecule has 0 fully saturated rings. The molecule has 0 spiro atoms. The van der Waals surface area contributed by atoms with Crippen LogP contribution in [-0.4, -0.2) is 16.7 Å². The van der Waals surface area contributed by atoms with E-state index in [2.05, 4.69) is 48.5 Å². The second-order valence-corrected chi connectivity index (χ2v) is 5.30. The van der Waals surface area contributed by atoms with Crippen molar-refractivity contribution in [2.24, 2.45) is 0 Å². The van der Waals surface area contributed by atoms with Gasteiger partial charge in [0.15, 0.2) is 0 Å². The van der Waals surface area contributed by atoms with Gasteiger partial charge in [0.25, 0.3) is 0 Å². The van der Waals surface area contributed by atoms with Crippen molar-refractivity contribution >= 4 is 21.8 Å². The molecule has 3 rings (SSSR count). The average molecular weight is 268 g/mol. The second kappa shape index (κ2) is 4.82. The first-order chi connectivity index (χ1) is 9.67. The lowest BCUT2D eigenvalue weighted by Crippen LogP contribution is -2.04. The van der Waals surface area contributed by atoms with Gasteiger partial charge in [0, 0.05) is 29.1 Å². The molecule has 0 N–H and O–H groups in total. The molecule has 1 unspecified atom stereocenters. The van der Waals surface area contributed by atoms with Crippen molar-refractivity contribution in [3.63, 3.8) is 0 Å². The molecule has 3 nitrogen and oxygen atoms in total. The van der Waals surface area contributed by atoms with E-state index in [4.69, 9.17) is 4.74 Å². The van der Waals surface area contributed by atoms with Gasteiger partial charge in [0.1, 0.15) is 5.75 Å². The molecule has 1 aromatic carbocycles. The van der Waals surface area contributed by atoms with E-state index in [1.165, 1.54) is 21.8 Å². The molecule has 0 aliphatic carbocycles. The van der Waals surface area contributed by atoms with E-state index in [1.807, 2.05) is 12.3 Å². The Labute approximate surface area is 119 Å². The lowest BCUT2D eigenvalue weighted by Gasteiger charge is -2.15. The predicted molar refractivity (Wildman–Crippen MR) is 83.5 cm³/mol. The fraction of sp³-hybridized carbons (Fsp3) is 0.353. The van der Waals surface area contributed by atoms with E-state index < -0.39 is 0 Å². The zero-order chi connectivity index (χ0) is 14.3. The van der Waals surface area contributed by atoms with Crippen LogP contribution in [0.1, 0.15) is 32.0 Å². The Balaban J connectivity index is 2.50. The molecule has 2 aromatic heterocycles. The number of pyridine rings is 1. The first kappa shape index (κ1) is 13.0. The molecule has 104 valence electrons. The van der Waals surface area contributed by atoms with Crippen molar-refractivity contribution in [3.8, 4) is 5.75 Å². The highest BCUT2D eigenvalue weighted by atomic mass is 16.5. The standard InChI is InChI=1S/C17H20N2O/c1-5-11(2)19-16-10-13(20-4)6-7-14(16)15-8-9-18-12(3)17(15)19/h6-11H,5H2,1-4H3. The van der Waals surface area contributed by atoms with Crippen molar-refractivity contribution in [1.29, 1.82) is 0 Å². The number of benzene rings is 1. The molecule has 0 radical (unpaired) electrons. The third-order valence-corrected chi connectivity index (χ3v) is 4.13. The van der Waals surface area contributed by atoms with Crippen LogP contribution in [0, 0.1) is 6.92 Å². The topological polar surface area (TPSA) is 27.1 Å². The Morgan fingerprint density at radius 1 is 1.25 bits per heavy atom. The number of nitrogens with zero attached hydrogens (tertiary/aromatic N) is 2. The normalized spacial score (nSPS) is 13.0. The van der Waals surface area contributed by atoms with Crippen molar-refractivity contribution in [2.45, 2.75) is 33.2 Å². The molecular formula is C17H20N2O. The van der Waals surface area contributed by atoms with Crippen LogP contribution in [0.15, 0.2) is 30.5 Å². The summed E-state index contributed by atoms with van der Waals surface area (Å²) in [4.78, 5) is 4.47. The van der Waals surface area contributed by atoms with Crippen molar-refractivity contribution in [1.82, 2.24) is 9.55 Å². The summed E-state index contributed by atoms with van der Waals surface area (Å²) in [5.74, 6) is 0.899. The van der Waals surface area contributed by atoms with Gasteiger partial charge in [-0.05, 0) is 38.5 Å². The lowest BCUT2D eigenvalue weighted by atomic mass is 10.1. The summed E-state index contributed by atoms with van der Waals surface area (Å²) < 4.78 is 7.79. The zero-order valence-corrected chi connectivity index (χ0v) is 12.5. The van der Waals surface area contributed by atoms with Crippen molar-refractivity contribution in [3.05, 3.63) is 36.2 Å². The Bertz CT molecular complexity index is 773. The summed E-state index contributed by atoms with van der Waals surface area (Å²) >= 11 is 0. The van der Waals surface area contributed by atoms with Gasteiger partial charge in [-0.2, -0.15) is 0 Å². The minimum absolute atomic E-state index is 0.435. The van der Waals surface area contributed by atoms with Gasteiger partial charge in [-0.15, -0.1) is 0 Å². The van der Waals surface area contributed by atoms with E-state index in [0.717, 1.165) is 17.9 Å². The molecular weight excluding hydrogens is 248 g/mol. The molecule has 0 aliphatic rings. The molecule has 0 amide bonds. The molecule has 3 aromatic rings. The highest BCUT2D eigenvalue weighted by Crippen LogP contribution is 2.35. The third kappa shape index (κ3) is 1.77. The number of ether oxygens (including phenoxy) is 1. The number of rotatable bonds is 3. The summed E-state index contributed by atoms with van der Waals surface area (Å²) in [6.07, 6.45) is 2.98. The molecule has 0 saturated heterocycles.